The first-order valence-corrected chi connectivity index (χ1v) is 8.11. The average molecular weight is 344 g/mol. The lowest BCUT2D eigenvalue weighted by atomic mass is 9.82. The van der Waals surface area contributed by atoms with Crippen molar-refractivity contribution < 1.29 is 24.2 Å². The van der Waals surface area contributed by atoms with E-state index in [9.17, 15) is 19.5 Å². The molecule has 0 saturated carbocycles. The lowest BCUT2D eigenvalue weighted by Gasteiger charge is -2.32. The molecule has 0 aromatic heterocycles. The molecule has 0 saturated heterocycles. The topological polar surface area (TPSA) is 105 Å². The molecule has 1 heterocycles. The van der Waals surface area contributed by atoms with Gasteiger partial charge in [-0.2, -0.15) is 0 Å². The maximum absolute atomic E-state index is 12.5. The lowest BCUT2D eigenvalue weighted by Crippen LogP contribution is -2.45. The van der Waals surface area contributed by atoms with E-state index in [1.54, 1.807) is 38.1 Å². The van der Waals surface area contributed by atoms with Gasteiger partial charge in [0.25, 0.3) is 5.91 Å². The molecule has 3 rings (SSSR count). The molecule has 2 amide bonds. The zero-order valence-corrected chi connectivity index (χ0v) is 14.0. The van der Waals surface area contributed by atoms with Gasteiger partial charge >= 0.3 is 5.97 Å². The predicted molar refractivity (Wildman–Crippen MR) is 91.4 cm³/mol. The average Bonchev–Trinajstić information content (AvgIpc) is 2.55. The van der Waals surface area contributed by atoms with E-state index in [1.165, 1.54) is 0 Å². The van der Waals surface area contributed by atoms with Crippen LogP contribution in [0.1, 0.15) is 26.7 Å². The molecule has 2 atom stereocenters. The van der Waals surface area contributed by atoms with Crippen LogP contribution in [0.3, 0.4) is 0 Å². The molecule has 7 heteroatoms. The fourth-order valence-electron chi connectivity index (χ4n) is 2.99. The van der Waals surface area contributed by atoms with Gasteiger partial charge in [-0.05, 0) is 38.8 Å². The molecular formula is C18H20N2O5. The third-order valence-electron chi connectivity index (χ3n) is 4.50. The number of carbonyl (C=O) groups excluding carboxylic acids is 2. The summed E-state index contributed by atoms with van der Waals surface area (Å²) in [7, 11) is 0. The maximum Gasteiger partial charge on any atom is 0.307 e. The summed E-state index contributed by atoms with van der Waals surface area (Å²) in [6.45, 7) is 3.31. The van der Waals surface area contributed by atoms with Crippen molar-refractivity contribution in [1.29, 1.82) is 0 Å². The van der Waals surface area contributed by atoms with E-state index < -0.39 is 23.4 Å². The number of aliphatic carboxylic acids is 1. The van der Waals surface area contributed by atoms with Crippen molar-refractivity contribution in [2.45, 2.75) is 32.3 Å². The number of anilines is 2. The third-order valence-corrected chi connectivity index (χ3v) is 4.50. The van der Waals surface area contributed by atoms with Crippen molar-refractivity contribution >= 4 is 29.2 Å². The van der Waals surface area contributed by atoms with Crippen LogP contribution in [0.2, 0.25) is 0 Å². The summed E-state index contributed by atoms with van der Waals surface area (Å²) < 4.78 is 5.69. The van der Waals surface area contributed by atoms with Gasteiger partial charge in [-0.3, -0.25) is 14.4 Å². The molecule has 0 radical (unpaired) electrons. The Morgan fingerprint density at radius 3 is 2.60 bits per heavy atom. The summed E-state index contributed by atoms with van der Waals surface area (Å²) in [6.07, 6.45) is 4.37. The molecule has 1 aliphatic heterocycles. The minimum absolute atomic E-state index is 0.241. The number of amides is 2. The molecule has 7 nitrogen and oxygen atoms in total. The molecule has 1 aromatic rings. The van der Waals surface area contributed by atoms with E-state index in [-0.39, 0.29) is 11.8 Å². The number of carboxylic acid groups (broad SMARTS) is 1. The van der Waals surface area contributed by atoms with Crippen LogP contribution in [0.25, 0.3) is 0 Å². The molecule has 0 bridgehead atoms. The van der Waals surface area contributed by atoms with Gasteiger partial charge in [-0.25, -0.2) is 0 Å². The van der Waals surface area contributed by atoms with E-state index in [1.807, 2.05) is 6.08 Å². The molecule has 1 aliphatic carbocycles. The largest absolute Gasteiger partial charge is 0.481 e. The van der Waals surface area contributed by atoms with Gasteiger partial charge in [0.15, 0.2) is 5.60 Å². The first kappa shape index (κ1) is 17.0. The first-order chi connectivity index (χ1) is 11.8. The SMILES string of the molecule is CC1(C)Oc2cc(NC(=O)[C@@H]3CC=CC[C@H]3C(=O)O)ccc2NC1=O. The summed E-state index contributed by atoms with van der Waals surface area (Å²) in [4.78, 5) is 35.7. The van der Waals surface area contributed by atoms with Crippen LogP contribution < -0.4 is 15.4 Å². The van der Waals surface area contributed by atoms with Gasteiger partial charge in [0, 0.05) is 11.8 Å². The molecule has 132 valence electrons. The number of carboxylic acids is 1. The number of allylic oxidation sites excluding steroid dienone is 2. The number of hydrogen-bond donors (Lipinski definition) is 3. The van der Waals surface area contributed by atoms with Crippen LogP contribution in [0.5, 0.6) is 5.75 Å². The Bertz CT molecular complexity index is 769. The zero-order valence-electron chi connectivity index (χ0n) is 14.0. The van der Waals surface area contributed by atoms with Gasteiger partial charge in [0.1, 0.15) is 5.75 Å². The fourth-order valence-corrected chi connectivity index (χ4v) is 2.99. The number of benzene rings is 1. The predicted octanol–water partition coefficient (Wildman–Crippen LogP) is 2.40. The number of hydrogen-bond acceptors (Lipinski definition) is 4. The maximum atomic E-state index is 12.5. The van der Waals surface area contributed by atoms with Gasteiger partial charge in [-0.1, -0.05) is 12.2 Å². The monoisotopic (exact) mass is 344 g/mol. The lowest BCUT2D eigenvalue weighted by molar-refractivity contribution is -0.146. The fraction of sp³-hybridized carbons (Fsp3) is 0.389. The van der Waals surface area contributed by atoms with Crippen molar-refractivity contribution in [2.75, 3.05) is 10.6 Å². The Morgan fingerprint density at radius 1 is 1.24 bits per heavy atom. The van der Waals surface area contributed by atoms with Gasteiger partial charge < -0.3 is 20.5 Å². The summed E-state index contributed by atoms with van der Waals surface area (Å²) in [5.41, 5.74) is 0.0267. The molecule has 2 aliphatic rings. The van der Waals surface area contributed by atoms with E-state index in [0.29, 0.717) is 30.0 Å². The first-order valence-electron chi connectivity index (χ1n) is 8.11. The van der Waals surface area contributed by atoms with Crippen LogP contribution in [-0.2, 0) is 14.4 Å². The summed E-state index contributed by atoms with van der Waals surface area (Å²) in [5.74, 6) is -2.43. The van der Waals surface area contributed by atoms with Crippen LogP contribution in [-0.4, -0.2) is 28.5 Å². The Balaban J connectivity index is 1.78. The third kappa shape index (κ3) is 3.35. The van der Waals surface area contributed by atoms with Gasteiger partial charge in [0.05, 0.1) is 17.5 Å². The quantitative estimate of drug-likeness (QED) is 0.730. The zero-order chi connectivity index (χ0) is 18.2. The molecule has 25 heavy (non-hydrogen) atoms. The molecular weight excluding hydrogens is 324 g/mol. The molecule has 1 aromatic carbocycles. The standard InChI is InChI=1S/C18H20N2O5/c1-18(2)17(24)20-13-8-7-10(9-14(13)25-18)19-15(21)11-5-3-4-6-12(11)16(22)23/h3-4,7-9,11-12H,5-6H2,1-2H3,(H,19,21)(H,20,24)(H,22,23)/t11-,12-/m1/s1. The van der Waals surface area contributed by atoms with Crippen LogP contribution >= 0.6 is 0 Å². The van der Waals surface area contributed by atoms with E-state index in [2.05, 4.69) is 10.6 Å². The molecule has 0 spiro atoms. The second kappa shape index (κ2) is 6.23. The van der Waals surface area contributed by atoms with Crippen molar-refractivity contribution in [2.24, 2.45) is 11.8 Å². The van der Waals surface area contributed by atoms with Crippen molar-refractivity contribution in [1.82, 2.24) is 0 Å². The van der Waals surface area contributed by atoms with Gasteiger partial charge in [0.2, 0.25) is 5.91 Å². The Kier molecular flexibility index (Phi) is 4.24. The minimum Gasteiger partial charge on any atom is -0.481 e. The number of ether oxygens (including phenoxy) is 1. The number of fused-ring (bicyclic) bond motifs is 1. The highest BCUT2D eigenvalue weighted by molar-refractivity contribution is 6.01. The second-order valence-corrected chi connectivity index (χ2v) is 6.76. The Labute approximate surface area is 145 Å². The highest BCUT2D eigenvalue weighted by Gasteiger charge is 2.36. The van der Waals surface area contributed by atoms with E-state index >= 15 is 0 Å². The van der Waals surface area contributed by atoms with Crippen LogP contribution in [0.15, 0.2) is 30.4 Å². The second-order valence-electron chi connectivity index (χ2n) is 6.76. The highest BCUT2D eigenvalue weighted by Crippen LogP contribution is 2.36. The molecule has 0 unspecified atom stereocenters. The Morgan fingerprint density at radius 2 is 1.92 bits per heavy atom. The molecule has 3 N–H and O–H groups in total. The Hall–Kier alpha value is -2.83. The van der Waals surface area contributed by atoms with Crippen LogP contribution in [0.4, 0.5) is 11.4 Å². The number of carbonyl (C=O) groups is 3. The normalized spacial score (nSPS) is 23.8. The summed E-state index contributed by atoms with van der Waals surface area (Å²) >= 11 is 0. The van der Waals surface area contributed by atoms with Crippen molar-refractivity contribution in [3.05, 3.63) is 30.4 Å². The van der Waals surface area contributed by atoms with E-state index in [0.717, 1.165) is 0 Å². The summed E-state index contributed by atoms with van der Waals surface area (Å²) in [5, 5.41) is 14.8. The number of rotatable bonds is 3. The highest BCUT2D eigenvalue weighted by atomic mass is 16.5. The van der Waals surface area contributed by atoms with Crippen LogP contribution in [0, 0.1) is 11.8 Å². The summed E-state index contributed by atoms with van der Waals surface area (Å²) in [6, 6.07) is 4.92. The smallest absolute Gasteiger partial charge is 0.307 e. The van der Waals surface area contributed by atoms with Crippen molar-refractivity contribution in [3.63, 3.8) is 0 Å². The minimum atomic E-state index is -1.00. The number of nitrogens with one attached hydrogen (secondary N) is 2. The van der Waals surface area contributed by atoms with Crippen molar-refractivity contribution in [3.8, 4) is 5.75 Å². The van der Waals surface area contributed by atoms with Gasteiger partial charge in [-0.15, -0.1) is 0 Å². The molecule has 0 fully saturated rings. The van der Waals surface area contributed by atoms with E-state index in [4.69, 9.17) is 4.74 Å².